The average molecular weight is 457 g/mol. The smallest absolute Gasteiger partial charge is 0.410 e. The lowest BCUT2D eigenvalue weighted by atomic mass is 9.48. The van der Waals surface area contributed by atoms with Crippen LogP contribution in [0.1, 0.15) is 50.4 Å². The van der Waals surface area contributed by atoms with Crippen molar-refractivity contribution in [1.82, 2.24) is 14.5 Å². The fourth-order valence-corrected chi connectivity index (χ4v) is 7.71. The highest BCUT2D eigenvalue weighted by Gasteiger charge is 2.59. The quantitative estimate of drug-likeness (QED) is 0.753. The summed E-state index contributed by atoms with van der Waals surface area (Å²) in [6, 6.07) is 5.89. The number of hydrogen-bond donors (Lipinski definition) is 1. The van der Waals surface area contributed by atoms with Crippen molar-refractivity contribution >= 4 is 34.6 Å². The van der Waals surface area contributed by atoms with E-state index >= 15 is 0 Å². The number of carbonyl (C=O) groups excluding carboxylic acids is 2. The molecule has 170 valence electrons. The second kappa shape index (κ2) is 7.11. The fourth-order valence-electron chi connectivity index (χ4n) is 7.45. The summed E-state index contributed by atoms with van der Waals surface area (Å²) in [5, 5.41) is 0.682. The van der Waals surface area contributed by atoms with E-state index in [0.717, 1.165) is 55.4 Å². The zero-order valence-corrected chi connectivity index (χ0v) is 19.1. The zero-order chi connectivity index (χ0) is 22.2. The Bertz CT molecular complexity index is 1100. The SMILES string of the molecule is Cc1nc2cccc(Cl)c2n1C1CCN(C(=O)OC2C3CC4C[C@H]2CC(C(N)=O)(C4)C3)C1. The minimum Gasteiger partial charge on any atom is -0.446 e. The second-order valence-corrected chi connectivity index (χ2v) is 10.9. The van der Waals surface area contributed by atoms with E-state index in [1.165, 1.54) is 0 Å². The van der Waals surface area contributed by atoms with Gasteiger partial charge in [-0.15, -0.1) is 0 Å². The number of aryl methyl sites for hydroxylation is 1. The molecule has 5 fully saturated rings. The van der Waals surface area contributed by atoms with Crippen molar-refractivity contribution < 1.29 is 14.3 Å². The van der Waals surface area contributed by atoms with Gasteiger partial charge in [0, 0.05) is 13.1 Å². The van der Waals surface area contributed by atoms with Crippen LogP contribution < -0.4 is 5.73 Å². The summed E-state index contributed by atoms with van der Waals surface area (Å²) in [4.78, 5) is 31.8. The third-order valence-electron chi connectivity index (χ3n) is 8.57. The molecule has 1 aliphatic heterocycles. The number of aromatic nitrogens is 2. The van der Waals surface area contributed by atoms with Gasteiger partial charge in [-0.05, 0) is 75.3 Å². The molecule has 4 bridgehead atoms. The molecule has 2 heterocycles. The number of nitrogens with zero attached hydrogens (tertiary/aromatic N) is 3. The van der Waals surface area contributed by atoms with E-state index in [1.807, 2.05) is 30.0 Å². The van der Waals surface area contributed by atoms with E-state index in [9.17, 15) is 9.59 Å². The van der Waals surface area contributed by atoms with Gasteiger partial charge in [0.25, 0.3) is 0 Å². The highest BCUT2D eigenvalue weighted by atomic mass is 35.5. The van der Waals surface area contributed by atoms with Gasteiger partial charge in [0.1, 0.15) is 11.9 Å². The van der Waals surface area contributed by atoms with Crippen LogP contribution in [0.5, 0.6) is 0 Å². The summed E-state index contributed by atoms with van der Waals surface area (Å²) >= 11 is 6.49. The van der Waals surface area contributed by atoms with Crippen LogP contribution in [0.15, 0.2) is 18.2 Å². The molecule has 8 heteroatoms. The number of imidazole rings is 1. The number of para-hydroxylation sites is 1. The normalized spacial score (nSPS) is 35.6. The molecule has 1 aromatic carbocycles. The molecule has 0 radical (unpaired) electrons. The molecule has 32 heavy (non-hydrogen) atoms. The van der Waals surface area contributed by atoms with Crippen molar-refractivity contribution in [2.75, 3.05) is 13.1 Å². The first-order valence-corrected chi connectivity index (χ1v) is 12.1. The molecule has 2 aromatic rings. The summed E-state index contributed by atoms with van der Waals surface area (Å²) in [6.45, 7) is 3.23. The Morgan fingerprint density at radius 1 is 1.22 bits per heavy atom. The topological polar surface area (TPSA) is 90.4 Å². The first-order valence-electron chi connectivity index (χ1n) is 11.7. The van der Waals surface area contributed by atoms with Crippen LogP contribution in [0.4, 0.5) is 4.79 Å². The number of carbonyl (C=O) groups is 2. The van der Waals surface area contributed by atoms with Crippen molar-refractivity contribution in [2.24, 2.45) is 28.9 Å². The molecule has 7 rings (SSSR count). The Morgan fingerprint density at radius 3 is 2.69 bits per heavy atom. The third kappa shape index (κ3) is 2.96. The largest absolute Gasteiger partial charge is 0.446 e. The number of hydrogen-bond acceptors (Lipinski definition) is 4. The summed E-state index contributed by atoms with van der Waals surface area (Å²) in [7, 11) is 0. The molecule has 1 aromatic heterocycles. The maximum Gasteiger partial charge on any atom is 0.410 e. The number of rotatable bonds is 3. The number of nitrogens with two attached hydrogens (primary N) is 1. The van der Waals surface area contributed by atoms with Gasteiger partial charge in [-0.1, -0.05) is 17.7 Å². The molecule has 2 amide bonds. The summed E-state index contributed by atoms with van der Waals surface area (Å²) in [6.07, 6.45) is 5.09. The molecule has 5 unspecified atom stereocenters. The number of halogens is 1. The van der Waals surface area contributed by atoms with Gasteiger partial charge in [0.05, 0.1) is 27.5 Å². The molecule has 5 aliphatic rings. The van der Waals surface area contributed by atoms with Gasteiger partial charge in [-0.3, -0.25) is 4.79 Å². The minimum absolute atomic E-state index is 0.0872. The monoisotopic (exact) mass is 456 g/mol. The average Bonchev–Trinajstić information content (AvgIpc) is 3.34. The number of likely N-dealkylation sites (tertiary alicyclic amines) is 1. The molecular weight excluding hydrogens is 428 g/mol. The van der Waals surface area contributed by atoms with Crippen LogP contribution >= 0.6 is 11.6 Å². The van der Waals surface area contributed by atoms with Crippen molar-refractivity contribution in [1.29, 1.82) is 0 Å². The Labute approximate surface area is 192 Å². The number of primary amides is 1. The summed E-state index contributed by atoms with van der Waals surface area (Å²) < 4.78 is 8.30. The maximum atomic E-state index is 13.1. The first-order chi connectivity index (χ1) is 15.3. The maximum absolute atomic E-state index is 13.1. The van der Waals surface area contributed by atoms with Gasteiger partial charge in [0.15, 0.2) is 0 Å². The predicted molar refractivity (Wildman–Crippen MR) is 120 cm³/mol. The fraction of sp³-hybridized carbons (Fsp3) is 0.625. The Kier molecular flexibility index (Phi) is 4.52. The molecule has 4 aliphatic carbocycles. The van der Waals surface area contributed by atoms with E-state index in [2.05, 4.69) is 9.55 Å². The molecule has 1 saturated heterocycles. The van der Waals surface area contributed by atoms with Crippen LogP contribution in [-0.4, -0.2) is 45.6 Å². The van der Waals surface area contributed by atoms with E-state index in [1.54, 1.807) is 0 Å². The van der Waals surface area contributed by atoms with E-state index in [-0.39, 0.29) is 41.4 Å². The minimum atomic E-state index is -0.364. The van der Waals surface area contributed by atoms with Crippen molar-refractivity contribution in [3.8, 4) is 0 Å². The molecule has 7 nitrogen and oxygen atoms in total. The number of amides is 2. The Morgan fingerprint density at radius 2 is 1.97 bits per heavy atom. The number of ether oxygens (including phenoxy) is 1. The molecule has 6 atom stereocenters. The van der Waals surface area contributed by atoms with Crippen LogP contribution in [0.25, 0.3) is 11.0 Å². The van der Waals surface area contributed by atoms with Crippen LogP contribution in [-0.2, 0) is 9.53 Å². The zero-order valence-electron chi connectivity index (χ0n) is 18.3. The van der Waals surface area contributed by atoms with Gasteiger partial charge in [-0.2, -0.15) is 0 Å². The highest BCUT2D eigenvalue weighted by Crippen LogP contribution is 2.60. The molecule has 2 N–H and O–H groups in total. The third-order valence-corrected chi connectivity index (χ3v) is 8.88. The van der Waals surface area contributed by atoms with Gasteiger partial charge in [0.2, 0.25) is 5.91 Å². The van der Waals surface area contributed by atoms with E-state index in [0.29, 0.717) is 24.0 Å². The Balaban J connectivity index is 1.17. The molecular formula is C24H29ClN4O3. The van der Waals surface area contributed by atoms with Crippen LogP contribution in [0.2, 0.25) is 5.02 Å². The lowest BCUT2D eigenvalue weighted by Crippen LogP contribution is -2.59. The summed E-state index contributed by atoms with van der Waals surface area (Å²) in [5.41, 5.74) is 7.24. The van der Waals surface area contributed by atoms with Crippen LogP contribution in [0.3, 0.4) is 0 Å². The van der Waals surface area contributed by atoms with Crippen LogP contribution in [0, 0.1) is 30.1 Å². The standard InChI is InChI=1S/C24H29ClN4O3/c1-13-27-19-4-2-3-18(25)20(19)29(13)17-5-6-28(12-17)23(31)32-21-15-7-14-8-16(21)11-24(9-14,10-15)22(26)30/h2-4,14-17,21H,5-12H2,1H3,(H2,26,30)/t14?,15-,16?,17?,21?,24?/m0/s1. The van der Waals surface area contributed by atoms with E-state index < -0.39 is 0 Å². The lowest BCUT2D eigenvalue weighted by molar-refractivity contribution is -0.161. The Hall–Kier alpha value is -2.28. The van der Waals surface area contributed by atoms with Gasteiger partial charge in [-0.25, -0.2) is 9.78 Å². The van der Waals surface area contributed by atoms with Gasteiger partial charge >= 0.3 is 6.09 Å². The van der Waals surface area contributed by atoms with E-state index in [4.69, 9.17) is 22.1 Å². The molecule has 0 spiro atoms. The van der Waals surface area contributed by atoms with Crippen molar-refractivity contribution in [3.05, 3.63) is 29.0 Å². The number of fused-ring (bicyclic) bond motifs is 1. The van der Waals surface area contributed by atoms with Crippen molar-refractivity contribution in [3.63, 3.8) is 0 Å². The van der Waals surface area contributed by atoms with Crippen molar-refractivity contribution in [2.45, 2.75) is 57.6 Å². The lowest BCUT2D eigenvalue weighted by Gasteiger charge is -2.58. The molecule has 4 saturated carbocycles. The second-order valence-electron chi connectivity index (χ2n) is 10.5. The summed E-state index contributed by atoms with van der Waals surface area (Å²) in [5.74, 6) is 1.81. The predicted octanol–water partition coefficient (Wildman–Crippen LogP) is 4.06. The number of benzene rings is 1. The first kappa shape index (κ1) is 20.3. The van der Waals surface area contributed by atoms with Gasteiger partial charge < -0.3 is 19.9 Å². The highest BCUT2D eigenvalue weighted by molar-refractivity contribution is 6.35.